The molecule has 3 heteroatoms. The summed E-state index contributed by atoms with van der Waals surface area (Å²) in [7, 11) is 0. The van der Waals surface area contributed by atoms with Crippen LogP contribution in [0.15, 0.2) is 0 Å². The van der Waals surface area contributed by atoms with Crippen LogP contribution >= 0.6 is 0 Å². The number of nitrogens with one attached hydrogen (secondary N) is 1. The highest BCUT2D eigenvalue weighted by Crippen LogP contribution is 2.54. The largest absolute Gasteiger partial charge is 0.378 e. The minimum absolute atomic E-state index is 0.361. The van der Waals surface area contributed by atoms with Crippen molar-refractivity contribution in [2.24, 2.45) is 5.41 Å². The quantitative estimate of drug-likeness (QED) is 0.788. The molecule has 0 aromatic heterocycles. The molecule has 0 amide bonds. The molecule has 0 radical (unpaired) electrons. The first-order chi connectivity index (χ1) is 8.76. The zero-order valence-corrected chi connectivity index (χ0v) is 11.7. The Kier molecular flexibility index (Phi) is 4.64. The first-order valence-electron chi connectivity index (χ1n) is 7.51. The molecule has 1 spiro atoms. The number of nitriles is 1. The predicted molar refractivity (Wildman–Crippen MR) is 72.2 cm³/mol. The summed E-state index contributed by atoms with van der Waals surface area (Å²) in [4.78, 5) is 0. The number of hydrogen-bond donors (Lipinski definition) is 1. The molecule has 18 heavy (non-hydrogen) atoms. The summed E-state index contributed by atoms with van der Waals surface area (Å²) in [5.41, 5.74) is 0.388. The van der Waals surface area contributed by atoms with Gasteiger partial charge in [0.1, 0.15) is 0 Å². The summed E-state index contributed by atoms with van der Waals surface area (Å²) in [6, 6.07) is 3.23. The van der Waals surface area contributed by atoms with Crippen molar-refractivity contribution in [3.05, 3.63) is 0 Å². The van der Waals surface area contributed by atoms with Crippen molar-refractivity contribution in [2.75, 3.05) is 6.61 Å². The molecule has 2 aliphatic rings. The summed E-state index contributed by atoms with van der Waals surface area (Å²) in [6.45, 7) is 5.08. The third-order valence-electron chi connectivity index (χ3n) is 4.95. The maximum atomic E-state index is 8.85. The number of ether oxygens (including phenoxy) is 1. The van der Waals surface area contributed by atoms with Gasteiger partial charge in [-0.1, -0.05) is 19.8 Å². The lowest BCUT2D eigenvalue weighted by molar-refractivity contribution is -0.132. The number of hydrogen-bond acceptors (Lipinski definition) is 3. The average Bonchev–Trinajstić information content (AvgIpc) is 2.88. The summed E-state index contributed by atoms with van der Waals surface area (Å²) >= 11 is 0. The third kappa shape index (κ3) is 2.41. The van der Waals surface area contributed by atoms with Crippen LogP contribution in [0.4, 0.5) is 0 Å². The molecule has 3 atom stereocenters. The number of nitrogens with zero attached hydrogens (tertiary/aromatic N) is 1. The lowest BCUT2D eigenvalue weighted by Gasteiger charge is -2.55. The normalized spacial score (nSPS) is 30.9. The fraction of sp³-hybridized carbons (Fsp3) is 0.933. The maximum absolute atomic E-state index is 8.85. The average molecular weight is 250 g/mol. The van der Waals surface area contributed by atoms with Crippen LogP contribution in [0.3, 0.4) is 0 Å². The molecule has 0 aromatic carbocycles. The molecule has 0 saturated heterocycles. The van der Waals surface area contributed by atoms with Crippen LogP contribution in [0.25, 0.3) is 0 Å². The Hall–Kier alpha value is -0.590. The van der Waals surface area contributed by atoms with Gasteiger partial charge in [0.05, 0.1) is 18.6 Å². The molecule has 2 saturated carbocycles. The van der Waals surface area contributed by atoms with Crippen LogP contribution in [0.5, 0.6) is 0 Å². The van der Waals surface area contributed by atoms with Crippen LogP contribution in [0.1, 0.15) is 58.8 Å². The molecule has 0 bridgehead atoms. The van der Waals surface area contributed by atoms with E-state index >= 15 is 0 Å². The molecule has 0 aromatic rings. The van der Waals surface area contributed by atoms with Crippen LogP contribution in [-0.4, -0.2) is 24.8 Å². The van der Waals surface area contributed by atoms with Crippen molar-refractivity contribution in [1.82, 2.24) is 5.32 Å². The maximum Gasteiger partial charge on any atom is 0.0661 e. The van der Waals surface area contributed by atoms with E-state index in [1.165, 1.54) is 25.7 Å². The van der Waals surface area contributed by atoms with E-state index in [4.69, 9.17) is 10.00 Å². The summed E-state index contributed by atoms with van der Waals surface area (Å²) < 4.78 is 5.92. The minimum Gasteiger partial charge on any atom is -0.378 e. The highest BCUT2D eigenvalue weighted by molar-refractivity contribution is 5.10. The lowest BCUT2D eigenvalue weighted by atomic mass is 9.60. The van der Waals surface area contributed by atoms with Gasteiger partial charge in [-0.15, -0.1) is 0 Å². The van der Waals surface area contributed by atoms with Crippen LogP contribution in [0.2, 0.25) is 0 Å². The van der Waals surface area contributed by atoms with Gasteiger partial charge < -0.3 is 10.1 Å². The second-order valence-electron chi connectivity index (χ2n) is 5.81. The Balaban J connectivity index is 1.95. The summed E-state index contributed by atoms with van der Waals surface area (Å²) in [6.07, 6.45) is 8.56. The molecule has 2 fully saturated rings. The SMILES string of the molecule is CCOC1CC(NC(CC)CC#N)C12CCCC2. The van der Waals surface area contributed by atoms with E-state index in [0.717, 1.165) is 19.4 Å². The fourth-order valence-electron chi connectivity index (χ4n) is 3.84. The highest BCUT2D eigenvalue weighted by Gasteiger charge is 2.56. The third-order valence-corrected chi connectivity index (χ3v) is 4.95. The van der Waals surface area contributed by atoms with Gasteiger partial charge in [0.25, 0.3) is 0 Å². The first kappa shape index (κ1) is 13.8. The van der Waals surface area contributed by atoms with E-state index in [-0.39, 0.29) is 0 Å². The molecule has 3 unspecified atom stereocenters. The van der Waals surface area contributed by atoms with E-state index in [1.54, 1.807) is 0 Å². The molecular formula is C15H26N2O. The minimum atomic E-state index is 0.361. The van der Waals surface area contributed by atoms with E-state index < -0.39 is 0 Å². The molecule has 102 valence electrons. The van der Waals surface area contributed by atoms with Gasteiger partial charge in [-0.25, -0.2) is 0 Å². The van der Waals surface area contributed by atoms with Crippen LogP contribution in [0, 0.1) is 16.7 Å². The summed E-state index contributed by atoms with van der Waals surface area (Å²) in [5.74, 6) is 0. The topological polar surface area (TPSA) is 45.0 Å². The van der Waals surface area contributed by atoms with E-state index in [0.29, 0.717) is 30.0 Å². The van der Waals surface area contributed by atoms with Crippen LogP contribution in [-0.2, 0) is 4.74 Å². The van der Waals surface area contributed by atoms with Gasteiger partial charge in [0.15, 0.2) is 0 Å². The summed E-state index contributed by atoms with van der Waals surface area (Å²) in [5, 5.41) is 12.6. The smallest absolute Gasteiger partial charge is 0.0661 e. The Morgan fingerprint density at radius 2 is 2.11 bits per heavy atom. The predicted octanol–water partition coefficient (Wildman–Crippen LogP) is 3.01. The van der Waals surface area contributed by atoms with Gasteiger partial charge >= 0.3 is 0 Å². The van der Waals surface area contributed by atoms with E-state index in [9.17, 15) is 0 Å². The molecule has 2 aliphatic carbocycles. The van der Waals surface area contributed by atoms with Gasteiger partial charge in [0, 0.05) is 24.1 Å². The molecule has 1 N–H and O–H groups in total. The Morgan fingerprint density at radius 1 is 1.39 bits per heavy atom. The Labute approximate surface area is 111 Å². The second-order valence-corrected chi connectivity index (χ2v) is 5.81. The van der Waals surface area contributed by atoms with Gasteiger partial charge in [-0.3, -0.25) is 0 Å². The zero-order chi connectivity index (χ0) is 13.0. The number of rotatable bonds is 6. The lowest BCUT2D eigenvalue weighted by Crippen LogP contribution is -2.64. The first-order valence-corrected chi connectivity index (χ1v) is 7.51. The van der Waals surface area contributed by atoms with Gasteiger partial charge in [-0.05, 0) is 32.6 Å². The van der Waals surface area contributed by atoms with Gasteiger partial charge in [0.2, 0.25) is 0 Å². The molecule has 2 rings (SSSR count). The Bertz CT molecular complexity index is 304. The molecule has 0 aliphatic heterocycles. The monoisotopic (exact) mass is 250 g/mol. The van der Waals surface area contributed by atoms with Gasteiger partial charge in [-0.2, -0.15) is 5.26 Å². The molecular weight excluding hydrogens is 224 g/mol. The second kappa shape index (κ2) is 6.04. The highest BCUT2D eigenvalue weighted by atomic mass is 16.5. The van der Waals surface area contributed by atoms with Crippen molar-refractivity contribution in [3.8, 4) is 6.07 Å². The fourth-order valence-corrected chi connectivity index (χ4v) is 3.84. The molecule has 0 heterocycles. The zero-order valence-electron chi connectivity index (χ0n) is 11.7. The van der Waals surface area contributed by atoms with Crippen molar-refractivity contribution >= 4 is 0 Å². The molecule has 3 nitrogen and oxygen atoms in total. The standard InChI is InChI=1S/C15H26N2O/c1-3-12(7-10-16)17-13-11-14(18-4-2)15(13)8-5-6-9-15/h12-14,17H,3-9,11H2,1-2H3. The van der Waals surface area contributed by atoms with Crippen LogP contribution < -0.4 is 5.32 Å². The van der Waals surface area contributed by atoms with E-state index in [1.807, 2.05) is 0 Å². The van der Waals surface area contributed by atoms with Crippen molar-refractivity contribution in [1.29, 1.82) is 5.26 Å². The van der Waals surface area contributed by atoms with Crippen molar-refractivity contribution in [2.45, 2.75) is 77.0 Å². The van der Waals surface area contributed by atoms with Crippen molar-refractivity contribution in [3.63, 3.8) is 0 Å². The van der Waals surface area contributed by atoms with E-state index in [2.05, 4.69) is 25.2 Å². The van der Waals surface area contributed by atoms with Crippen molar-refractivity contribution < 1.29 is 4.74 Å². The Morgan fingerprint density at radius 3 is 2.67 bits per heavy atom.